The van der Waals surface area contributed by atoms with Crippen LogP contribution in [0.1, 0.15) is 12.5 Å². The molecule has 1 nitrogen and oxygen atoms in total. The molecule has 0 radical (unpaired) electrons. The number of anilines is 1. The van der Waals surface area contributed by atoms with E-state index in [4.69, 9.17) is 0 Å². The first-order chi connectivity index (χ1) is 5.77. The van der Waals surface area contributed by atoms with Crippen molar-refractivity contribution in [3.63, 3.8) is 0 Å². The van der Waals surface area contributed by atoms with Crippen molar-refractivity contribution in [3.05, 3.63) is 48.2 Å². The van der Waals surface area contributed by atoms with E-state index < -0.39 is 0 Å². The minimum atomic E-state index is 1.09. The van der Waals surface area contributed by atoms with Gasteiger partial charge in [0.1, 0.15) is 0 Å². The zero-order valence-electron chi connectivity index (χ0n) is 7.09. The number of para-hydroxylation sites is 1. The molecule has 0 fully saturated rings. The number of rotatable bonds is 0. The van der Waals surface area contributed by atoms with Crippen molar-refractivity contribution in [1.29, 1.82) is 0 Å². The predicted molar refractivity (Wildman–Crippen MR) is 52.9 cm³/mol. The van der Waals surface area contributed by atoms with Gasteiger partial charge in [-0.2, -0.15) is 0 Å². The van der Waals surface area contributed by atoms with Gasteiger partial charge in [0, 0.05) is 16.9 Å². The first kappa shape index (κ1) is 7.17. The summed E-state index contributed by atoms with van der Waals surface area (Å²) in [5.41, 5.74) is 4.59. The molecule has 0 saturated heterocycles. The molecule has 0 unspecified atom stereocenters. The van der Waals surface area contributed by atoms with E-state index in [1.165, 1.54) is 5.56 Å². The lowest BCUT2D eigenvalue weighted by Gasteiger charge is -2.17. The van der Waals surface area contributed by atoms with Crippen LogP contribution in [0.25, 0.3) is 5.57 Å². The van der Waals surface area contributed by atoms with Crippen LogP contribution in [0, 0.1) is 0 Å². The SMILES string of the molecule is C=C1C=C(C)Nc2ccccc21. The number of allylic oxidation sites excluding steroid dienone is 3. The Kier molecular flexibility index (Phi) is 1.51. The summed E-state index contributed by atoms with van der Waals surface area (Å²) in [6, 6.07) is 8.20. The summed E-state index contributed by atoms with van der Waals surface area (Å²) in [6.07, 6.45) is 2.06. The fraction of sp³-hybridized carbons (Fsp3) is 0.0909. The summed E-state index contributed by atoms with van der Waals surface area (Å²) in [5.74, 6) is 0. The van der Waals surface area contributed by atoms with Gasteiger partial charge in [0.15, 0.2) is 0 Å². The first-order valence-corrected chi connectivity index (χ1v) is 4.01. The molecule has 1 N–H and O–H groups in total. The van der Waals surface area contributed by atoms with Crippen molar-refractivity contribution in [2.45, 2.75) is 6.92 Å². The molecule has 60 valence electrons. The number of hydrogen-bond acceptors (Lipinski definition) is 1. The molecule has 1 heteroatoms. The standard InChI is InChI=1S/C11H11N/c1-8-7-9(2)12-11-6-4-3-5-10(8)11/h3-7,12H,1H2,2H3. The van der Waals surface area contributed by atoms with Crippen molar-refractivity contribution in [1.82, 2.24) is 0 Å². The van der Waals surface area contributed by atoms with Gasteiger partial charge in [-0.15, -0.1) is 0 Å². The molecule has 0 aromatic heterocycles. The maximum Gasteiger partial charge on any atom is 0.0461 e. The van der Waals surface area contributed by atoms with Crippen LogP contribution in [0.5, 0.6) is 0 Å². The second kappa shape index (κ2) is 2.52. The Balaban J connectivity index is 2.56. The topological polar surface area (TPSA) is 12.0 Å². The molecule has 0 saturated carbocycles. The van der Waals surface area contributed by atoms with E-state index in [0.717, 1.165) is 17.0 Å². The highest BCUT2D eigenvalue weighted by atomic mass is 14.9. The van der Waals surface area contributed by atoms with Crippen LogP contribution in [-0.2, 0) is 0 Å². The van der Waals surface area contributed by atoms with Gasteiger partial charge in [-0.3, -0.25) is 0 Å². The van der Waals surface area contributed by atoms with E-state index in [-0.39, 0.29) is 0 Å². The number of fused-ring (bicyclic) bond motifs is 1. The van der Waals surface area contributed by atoms with Crippen LogP contribution in [0.4, 0.5) is 5.69 Å². The van der Waals surface area contributed by atoms with Crippen LogP contribution >= 0.6 is 0 Å². The summed E-state index contributed by atoms with van der Waals surface area (Å²) in [7, 11) is 0. The number of benzene rings is 1. The van der Waals surface area contributed by atoms with Gasteiger partial charge in [0.2, 0.25) is 0 Å². The number of hydrogen-bond donors (Lipinski definition) is 1. The molecule has 0 amide bonds. The normalized spacial score (nSPS) is 14.8. The molecule has 12 heavy (non-hydrogen) atoms. The minimum absolute atomic E-state index is 1.09. The minimum Gasteiger partial charge on any atom is -0.359 e. The molecule has 1 heterocycles. The Morgan fingerprint density at radius 3 is 2.83 bits per heavy atom. The van der Waals surface area contributed by atoms with Crippen LogP contribution < -0.4 is 5.32 Å². The third-order valence-electron chi connectivity index (χ3n) is 2.00. The second-order valence-electron chi connectivity index (χ2n) is 3.02. The van der Waals surface area contributed by atoms with E-state index in [1.54, 1.807) is 0 Å². The quantitative estimate of drug-likeness (QED) is 0.610. The lowest BCUT2D eigenvalue weighted by molar-refractivity contribution is 1.34. The molecule has 1 aromatic rings. The number of nitrogens with one attached hydrogen (secondary N) is 1. The van der Waals surface area contributed by atoms with Crippen LogP contribution in [0.2, 0.25) is 0 Å². The molecule has 1 aromatic carbocycles. The Labute approximate surface area is 72.4 Å². The maximum atomic E-state index is 3.99. The highest BCUT2D eigenvalue weighted by molar-refractivity contribution is 5.85. The second-order valence-corrected chi connectivity index (χ2v) is 3.02. The zero-order valence-corrected chi connectivity index (χ0v) is 7.09. The molecule has 1 aliphatic rings. The summed E-state index contributed by atoms with van der Waals surface area (Å²) >= 11 is 0. The van der Waals surface area contributed by atoms with E-state index in [0.29, 0.717) is 0 Å². The fourth-order valence-corrected chi connectivity index (χ4v) is 1.46. The third-order valence-corrected chi connectivity index (χ3v) is 2.00. The van der Waals surface area contributed by atoms with Gasteiger partial charge in [-0.25, -0.2) is 0 Å². The fourth-order valence-electron chi connectivity index (χ4n) is 1.46. The molecule has 0 aliphatic carbocycles. The van der Waals surface area contributed by atoms with Crippen molar-refractivity contribution < 1.29 is 0 Å². The van der Waals surface area contributed by atoms with Crippen LogP contribution in [0.3, 0.4) is 0 Å². The summed E-state index contributed by atoms with van der Waals surface area (Å²) in [6.45, 7) is 6.03. The third kappa shape index (κ3) is 1.03. The van der Waals surface area contributed by atoms with Gasteiger partial charge >= 0.3 is 0 Å². The Morgan fingerprint density at radius 1 is 1.25 bits per heavy atom. The molecule has 1 aliphatic heterocycles. The van der Waals surface area contributed by atoms with Crippen molar-refractivity contribution in [3.8, 4) is 0 Å². The van der Waals surface area contributed by atoms with Crippen LogP contribution in [-0.4, -0.2) is 0 Å². The van der Waals surface area contributed by atoms with E-state index in [1.807, 2.05) is 19.1 Å². The summed E-state index contributed by atoms with van der Waals surface area (Å²) < 4.78 is 0. The lowest BCUT2D eigenvalue weighted by atomic mass is 10.0. The molecular formula is C11H11N. The Morgan fingerprint density at radius 2 is 2.00 bits per heavy atom. The highest BCUT2D eigenvalue weighted by Gasteiger charge is 2.08. The van der Waals surface area contributed by atoms with Gasteiger partial charge < -0.3 is 5.32 Å². The average Bonchev–Trinajstić information content (AvgIpc) is 2.04. The van der Waals surface area contributed by atoms with Gasteiger partial charge in [0.05, 0.1) is 0 Å². The van der Waals surface area contributed by atoms with E-state index >= 15 is 0 Å². The smallest absolute Gasteiger partial charge is 0.0461 e. The van der Waals surface area contributed by atoms with Gasteiger partial charge in [0.25, 0.3) is 0 Å². The monoisotopic (exact) mass is 157 g/mol. The lowest BCUT2D eigenvalue weighted by Crippen LogP contribution is -2.03. The highest BCUT2D eigenvalue weighted by Crippen LogP contribution is 2.29. The van der Waals surface area contributed by atoms with Crippen molar-refractivity contribution in [2.75, 3.05) is 5.32 Å². The van der Waals surface area contributed by atoms with Gasteiger partial charge in [-0.05, 0) is 24.6 Å². The van der Waals surface area contributed by atoms with Crippen molar-refractivity contribution in [2.24, 2.45) is 0 Å². The molecule has 2 rings (SSSR count). The van der Waals surface area contributed by atoms with Gasteiger partial charge in [-0.1, -0.05) is 24.8 Å². The average molecular weight is 157 g/mol. The largest absolute Gasteiger partial charge is 0.359 e. The van der Waals surface area contributed by atoms with Crippen LogP contribution in [0.15, 0.2) is 42.6 Å². The van der Waals surface area contributed by atoms with E-state index in [2.05, 4.69) is 30.1 Å². The molecular weight excluding hydrogens is 146 g/mol. The first-order valence-electron chi connectivity index (χ1n) is 4.01. The predicted octanol–water partition coefficient (Wildman–Crippen LogP) is 3.03. The summed E-state index contributed by atoms with van der Waals surface area (Å²) in [5, 5.41) is 3.29. The Hall–Kier alpha value is -1.50. The molecule has 0 bridgehead atoms. The molecule has 0 spiro atoms. The maximum absolute atomic E-state index is 3.99. The summed E-state index contributed by atoms with van der Waals surface area (Å²) in [4.78, 5) is 0. The van der Waals surface area contributed by atoms with Crippen molar-refractivity contribution >= 4 is 11.3 Å². The Bertz CT molecular complexity index is 361. The van der Waals surface area contributed by atoms with E-state index in [9.17, 15) is 0 Å². The zero-order chi connectivity index (χ0) is 8.55. The molecule has 0 atom stereocenters.